The number of aryl methyl sites for hydroxylation is 1. The third-order valence-electron chi connectivity index (χ3n) is 3.10. The van der Waals surface area contributed by atoms with Crippen LogP contribution >= 0.6 is 0 Å². The minimum Gasteiger partial charge on any atom is -0.398 e. The third-order valence-corrected chi connectivity index (χ3v) is 3.10. The van der Waals surface area contributed by atoms with Crippen molar-refractivity contribution in [2.24, 2.45) is 7.05 Å². The first kappa shape index (κ1) is 13.1. The molecular formula is C14H18N4O. The van der Waals surface area contributed by atoms with Crippen molar-refractivity contribution in [3.63, 3.8) is 0 Å². The van der Waals surface area contributed by atoms with E-state index in [0.717, 1.165) is 11.3 Å². The zero-order chi connectivity index (χ0) is 13.8. The van der Waals surface area contributed by atoms with Gasteiger partial charge in [-0.25, -0.2) is 4.98 Å². The van der Waals surface area contributed by atoms with Crippen molar-refractivity contribution in [3.8, 4) is 0 Å². The van der Waals surface area contributed by atoms with Gasteiger partial charge < -0.3 is 15.2 Å². The maximum Gasteiger partial charge on any atom is 0.293 e. The second kappa shape index (κ2) is 5.56. The number of nitrogens with zero attached hydrogens (tertiary/aromatic N) is 3. The Bertz CT molecular complexity index is 621. The fourth-order valence-electron chi connectivity index (χ4n) is 1.92. The molecule has 1 aromatic carbocycles. The van der Waals surface area contributed by atoms with Crippen molar-refractivity contribution in [1.82, 2.24) is 9.55 Å². The van der Waals surface area contributed by atoms with Crippen LogP contribution in [0.2, 0.25) is 0 Å². The lowest BCUT2D eigenvalue weighted by Crippen LogP contribution is -2.32. The van der Waals surface area contributed by atoms with Crippen LogP contribution in [0.5, 0.6) is 0 Å². The molecule has 2 rings (SSSR count). The summed E-state index contributed by atoms with van der Waals surface area (Å²) in [6.45, 7) is 3.27. The minimum atomic E-state index is -0.0983. The van der Waals surface area contributed by atoms with Crippen molar-refractivity contribution in [2.45, 2.75) is 13.5 Å². The fourth-order valence-corrected chi connectivity index (χ4v) is 1.92. The SMILES string of the molecule is CCN(Cc1ccccc1N)c1nccn(C)c1=O. The van der Waals surface area contributed by atoms with Gasteiger partial charge in [-0.15, -0.1) is 0 Å². The first-order valence-electron chi connectivity index (χ1n) is 6.23. The molecule has 19 heavy (non-hydrogen) atoms. The zero-order valence-electron chi connectivity index (χ0n) is 11.2. The predicted octanol–water partition coefficient (Wildman–Crippen LogP) is 1.39. The highest BCUT2D eigenvalue weighted by Gasteiger charge is 2.12. The Morgan fingerprint density at radius 1 is 1.37 bits per heavy atom. The Hall–Kier alpha value is -2.30. The molecule has 0 fully saturated rings. The van der Waals surface area contributed by atoms with E-state index in [4.69, 9.17) is 5.73 Å². The first-order valence-corrected chi connectivity index (χ1v) is 6.23. The molecule has 1 heterocycles. The monoisotopic (exact) mass is 258 g/mol. The van der Waals surface area contributed by atoms with Gasteiger partial charge in [0, 0.05) is 38.2 Å². The standard InChI is InChI=1S/C14H18N4O/c1-3-18(10-11-6-4-5-7-12(11)15)13-14(19)17(2)9-8-16-13/h4-9H,3,10,15H2,1-2H3. The quantitative estimate of drug-likeness (QED) is 0.842. The maximum atomic E-state index is 12.1. The van der Waals surface area contributed by atoms with Gasteiger partial charge in [0.05, 0.1) is 0 Å². The van der Waals surface area contributed by atoms with E-state index in [0.29, 0.717) is 18.9 Å². The van der Waals surface area contributed by atoms with Crippen LogP contribution in [0.25, 0.3) is 0 Å². The molecule has 0 radical (unpaired) electrons. The highest BCUT2D eigenvalue weighted by molar-refractivity contribution is 5.49. The van der Waals surface area contributed by atoms with Gasteiger partial charge >= 0.3 is 0 Å². The summed E-state index contributed by atoms with van der Waals surface area (Å²) in [6.07, 6.45) is 3.28. The number of hydrogen-bond donors (Lipinski definition) is 1. The summed E-state index contributed by atoms with van der Waals surface area (Å²) >= 11 is 0. The summed E-state index contributed by atoms with van der Waals surface area (Å²) in [7, 11) is 1.72. The number of nitrogens with two attached hydrogens (primary N) is 1. The number of rotatable bonds is 4. The van der Waals surface area contributed by atoms with Crippen molar-refractivity contribution in [2.75, 3.05) is 17.2 Å². The van der Waals surface area contributed by atoms with E-state index in [9.17, 15) is 4.79 Å². The Kier molecular flexibility index (Phi) is 3.85. The summed E-state index contributed by atoms with van der Waals surface area (Å²) in [5.41, 5.74) is 7.57. The van der Waals surface area contributed by atoms with E-state index in [-0.39, 0.29) is 5.56 Å². The van der Waals surface area contributed by atoms with Gasteiger partial charge in [-0.3, -0.25) is 4.79 Å². The molecule has 1 aromatic heterocycles. The first-order chi connectivity index (χ1) is 9.13. The van der Waals surface area contributed by atoms with Crippen molar-refractivity contribution in [1.29, 1.82) is 0 Å². The second-order valence-electron chi connectivity index (χ2n) is 4.38. The van der Waals surface area contributed by atoms with Crippen LogP contribution in [0, 0.1) is 0 Å². The highest BCUT2D eigenvalue weighted by Crippen LogP contribution is 2.15. The van der Waals surface area contributed by atoms with E-state index in [2.05, 4.69) is 4.98 Å². The Balaban J connectivity index is 2.34. The molecule has 0 spiro atoms. The zero-order valence-corrected chi connectivity index (χ0v) is 11.2. The molecule has 0 aliphatic rings. The second-order valence-corrected chi connectivity index (χ2v) is 4.38. The molecule has 0 amide bonds. The highest BCUT2D eigenvalue weighted by atomic mass is 16.1. The topological polar surface area (TPSA) is 64.2 Å². The van der Waals surface area contributed by atoms with Crippen molar-refractivity contribution in [3.05, 3.63) is 52.6 Å². The normalized spacial score (nSPS) is 10.4. The Morgan fingerprint density at radius 2 is 2.11 bits per heavy atom. The summed E-state index contributed by atoms with van der Waals surface area (Å²) in [5.74, 6) is 0.454. The largest absolute Gasteiger partial charge is 0.398 e. The summed E-state index contributed by atoms with van der Waals surface area (Å²) in [6, 6.07) is 7.66. The van der Waals surface area contributed by atoms with Gasteiger partial charge in [0.25, 0.3) is 5.56 Å². The van der Waals surface area contributed by atoms with Gasteiger partial charge in [0.2, 0.25) is 0 Å². The van der Waals surface area contributed by atoms with E-state index in [1.54, 1.807) is 19.4 Å². The fraction of sp³-hybridized carbons (Fsp3) is 0.286. The molecule has 0 saturated carbocycles. The van der Waals surface area contributed by atoms with E-state index >= 15 is 0 Å². The van der Waals surface area contributed by atoms with Crippen molar-refractivity contribution < 1.29 is 0 Å². The van der Waals surface area contributed by atoms with Gasteiger partial charge in [0.15, 0.2) is 5.82 Å². The van der Waals surface area contributed by atoms with Crippen LogP contribution < -0.4 is 16.2 Å². The number of nitrogen functional groups attached to an aromatic ring is 1. The number of hydrogen-bond acceptors (Lipinski definition) is 4. The molecule has 0 atom stereocenters. The van der Waals surface area contributed by atoms with Crippen LogP contribution in [0.15, 0.2) is 41.5 Å². The van der Waals surface area contributed by atoms with Crippen LogP contribution in [0.3, 0.4) is 0 Å². The van der Waals surface area contributed by atoms with E-state index in [1.165, 1.54) is 4.57 Å². The molecule has 0 unspecified atom stereocenters. The molecule has 0 aliphatic heterocycles. The molecule has 5 nitrogen and oxygen atoms in total. The summed E-state index contributed by atoms with van der Waals surface area (Å²) < 4.78 is 1.53. The molecule has 100 valence electrons. The van der Waals surface area contributed by atoms with Crippen molar-refractivity contribution >= 4 is 11.5 Å². The lowest BCUT2D eigenvalue weighted by Gasteiger charge is -2.22. The summed E-state index contributed by atoms with van der Waals surface area (Å²) in [4.78, 5) is 18.2. The Morgan fingerprint density at radius 3 is 2.79 bits per heavy atom. The average Bonchev–Trinajstić information content (AvgIpc) is 2.41. The van der Waals surface area contributed by atoms with Gasteiger partial charge in [-0.2, -0.15) is 0 Å². The van der Waals surface area contributed by atoms with E-state index in [1.807, 2.05) is 36.1 Å². The van der Waals surface area contributed by atoms with Gasteiger partial charge in [-0.1, -0.05) is 18.2 Å². The third kappa shape index (κ3) is 2.76. The van der Waals surface area contributed by atoms with Crippen LogP contribution in [-0.4, -0.2) is 16.1 Å². The molecule has 2 aromatic rings. The molecule has 2 N–H and O–H groups in total. The minimum absolute atomic E-state index is 0.0983. The maximum absolute atomic E-state index is 12.1. The average molecular weight is 258 g/mol. The number of benzene rings is 1. The van der Waals surface area contributed by atoms with E-state index < -0.39 is 0 Å². The lowest BCUT2D eigenvalue weighted by atomic mass is 10.1. The van der Waals surface area contributed by atoms with Crippen LogP contribution in [-0.2, 0) is 13.6 Å². The summed E-state index contributed by atoms with van der Waals surface area (Å²) in [5, 5.41) is 0. The van der Waals surface area contributed by atoms with Gasteiger partial charge in [0.1, 0.15) is 0 Å². The predicted molar refractivity (Wildman–Crippen MR) is 77.1 cm³/mol. The molecule has 0 aliphatic carbocycles. The van der Waals surface area contributed by atoms with Crippen LogP contribution in [0.1, 0.15) is 12.5 Å². The molecular weight excluding hydrogens is 240 g/mol. The molecule has 0 bridgehead atoms. The van der Waals surface area contributed by atoms with Crippen LogP contribution in [0.4, 0.5) is 11.5 Å². The lowest BCUT2D eigenvalue weighted by molar-refractivity contribution is 0.766. The molecule has 5 heteroatoms. The molecule has 0 saturated heterocycles. The Labute approximate surface area is 112 Å². The number of aromatic nitrogens is 2. The smallest absolute Gasteiger partial charge is 0.293 e. The number of para-hydroxylation sites is 1. The number of anilines is 2. The van der Waals surface area contributed by atoms with Gasteiger partial charge in [-0.05, 0) is 18.6 Å².